The summed E-state index contributed by atoms with van der Waals surface area (Å²) in [6.07, 6.45) is 5.38. The second-order valence-electron chi connectivity index (χ2n) is 8.26. The number of carbonyl (C=O) groups excluding carboxylic acids is 2. The fraction of sp³-hybridized carbons (Fsp3) is 0.636. The summed E-state index contributed by atoms with van der Waals surface area (Å²) in [4.78, 5) is 29.2. The monoisotopic (exact) mass is 370 g/mol. The third kappa shape index (κ3) is 3.75. The molecule has 4 rings (SSSR count). The summed E-state index contributed by atoms with van der Waals surface area (Å²) in [6, 6.07) is 10.3. The Hall–Kier alpha value is -1.88. The highest BCUT2D eigenvalue weighted by Crippen LogP contribution is 2.37. The van der Waals surface area contributed by atoms with E-state index in [9.17, 15) is 9.59 Å². The van der Waals surface area contributed by atoms with E-state index in [0.717, 1.165) is 64.7 Å². The molecule has 2 saturated heterocycles. The maximum atomic E-state index is 13.0. The molecule has 2 heterocycles. The van der Waals surface area contributed by atoms with Crippen molar-refractivity contribution in [1.82, 2.24) is 9.80 Å². The van der Waals surface area contributed by atoms with Crippen molar-refractivity contribution in [1.29, 1.82) is 0 Å². The lowest BCUT2D eigenvalue weighted by Gasteiger charge is -2.43. The number of carbonyl (C=O) groups is 2. The molecule has 0 spiro atoms. The number of methoxy groups -OCH3 is 1. The molecular weight excluding hydrogens is 340 g/mol. The quantitative estimate of drug-likeness (QED) is 0.819. The second kappa shape index (κ2) is 7.63. The number of amides is 2. The van der Waals surface area contributed by atoms with Crippen molar-refractivity contribution in [3.63, 3.8) is 0 Å². The van der Waals surface area contributed by atoms with Crippen LogP contribution in [0.5, 0.6) is 0 Å². The van der Waals surface area contributed by atoms with Crippen LogP contribution in [0.2, 0.25) is 0 Å². The van der Waals surface area contributed by atoms with E-state index < -0.39 is 0 Å². The first-order valence-corrected chi connectivity index (χ1v) is 10.3. The van der Waals surface area contributed by atoms with Gasteiger partial charge in [-0.05, 0) is 44.1 Å². The van der Waals surface area contributed by atoms with Crippen LogP contribution in [0, 0.1) is 11.8 Å². The van der Waals surface area contributed by atoms with Crippen LogP contribution < -0.4 is 0 Å². The van der Waals surface area contributed by atoms with Crippen LogP contribution in [0.4, 0.5) is 0 Å². The van der Waals surface area contributed by atoms with Crippen molar-refractivity contribution in [3.05, 3.63) is 35.9 Å². The minimum atomic E-state index is -0.280. The van der Waals surface area contributed by atoms with Crippen LogP contribution >= 0.6 is 0 Å². The van der Waals surface area contributed by atoms with Gasteiger partial charge in [0.05, 0.1) is 5.60 Å². The van der Waals surface area contributed by atoms with Gasteiger partial charge in [-0.25, -0.2) is 0 Å². The van der Waals surface area contributed by atoms with Gasteiger partial charge >= 0.3 is 0 Å². The highest BCUT2D eigenvalue weighted by Gasteiger charge is 2.40. The number of hydrogen-bond acceptors (Lipinski definition) is 3. The Balaban J connectivity index is 1.32. The molecule has 0 unspecified atom stereocenters. The van der Waals surface area contributed by atoms with E-state index in [0.29, 0.717) is 5.91 Å². The number of ether oxygens (including phenoxy) is 1. The van der Waals surface area contributed by atoms with Crippen LogP contribution in [0.3, 0.4) is 0 Å². The predicted molar refractivity (Wildman–Crippen MR) is 103 cm³/mol. The largest absolute Gasteiger partial charge is 0.373 e. The fourth-order valence-corrected chi connectivity index (χ4v) is 4.63. The van der Waals surface area contributed by atoms with Gasteiger partial charge in [0.15, 0.2) is 0 Å². The molecule has 0 N–H and O–H groups in total. The standard InChI is InChI=1S/C22H30N2O3/c1-27-22(19-5-3-2-4-6-19)11-15-24(16-12-22)21(26)18-9-13-23(14-10-18)20(25)17-7-8-17/h2-6,17-18H,7-16H2,1H3. The number of nitrogens with zero attached hydrogens (tertiary/aromatic N) is 2. The summed E-state index contributed by atoms with van der Waals surface area (Å²) in [7, 11) is 1.77. The number of likely N-dealkylation sites (tertiary alicyclic amines) is 2. The van der Waals surface area contributed by atoms with Gasteiger partial charge in [-0.3, -0.25) is 9.59 Å². The van der Waals surface area contributed by atoms with Crippen molar-refractivity contribution < 1.29 is 14.3 Å². The van der Waals surface area contributed by atoms with Crippen molar-refractivity contribution in [2.75, 3.05) is 33.3 Å². The van der Waals surface area contributed by atoms with Gasteiger partial charge in [0, 0.05) is 45.1 Å². The zero-order chi connectivity index (χ0) is 18.9. The third-order valence-electron chi connectivity index (χ3n) is 6.66. The van der Waals surface area contributed by atoms with Crippen molar-refractivity contribution in [2.45, 2.75) is 44.1 Å². The van der Waals surface area contributed by atoms with E-state index in [1.807, 2.05) is 28.0 Å². The Morgan fingerprint density at radius 2 is 1.37 bits per heavy atom. The number of benzene rings is 1. The van der Waals surface area contributed by atoms with Crippen LogP contribution in [0.1, 0.15) is 44.1 Å². The highest BCUT2D eigenvalue weighted by atomic mass is 16.5. The maximum absolute atomic E-state index is 13.0. The lowest BCUT2D eigenvalue weighted by Crippen LogP contribution is -2.50. The molecule has 27 heavy (non-hydrogen) atoms. The Labute approximate surface area is 161 Å². The minimum Gasteiger partial charge on any atom is -0.373 e. The van der Waals surface area contributed by atoms with E-state index in [1.54, 1.807) is 7.11 Å². The minimum absolute atomic E-state index is 0.0695. The molecule has 1 aromatic carbocycles. The van der Waals surface area contributed by atoms with Crippen molar-refractivity contribution >= 4 is 11.8 Å². The average molecular weight is 370 g/mol. The van der Waals surface area contributed by atoms with E-state index in [4.69, 9.17) is 4.74 Å². The van der Waals surface area contributed by atoms with E-state index in [2.05, 4.69) is 12.1 Å². The van der Waals surface area contributed by atoms with Gasteiger partial charge < -0.3 is 14.5 Å². The molecule has 2 amide bonds. The number of rotatable bonds is 4. The molecule has 0 aromatic heterocycles. The van der Waals surface area contributed by atoms with Crippen molar-refractivity contribution in [2.24, 2.45) is 11.8 Å². The molecule has 3 aliphatic rings. The van der Waals surface area contributed by atoms with Crippen molar-refractivity contribution in [3.8, 4) is 0 Å². The smallest absolute Gasteiger partial charge is 0.225 e. The lowest BCUT2D eigenvalue weighted by molar-refractivity contribution is -0.145. The first-order valence-electron chi connectivity index (χ1n) is 10.3. The summed E-state index contributed by atoms with van der Waals surface area (Å²) >= 11 is 0. The van der Waals surface area contributed by atoms with E-state index in [-0.39, 0.29) is 23.3 Å². The molecule has 1 aliphatic carbocycles. The molecule has 146 valence electrons. The molecule has 1 saturated carbocycles. The molecule has 2 aliphatic heterocycles. The van der Waals surface area contributed by atoms with E-state index in [1.165, 1.54) is 5.56 Å². The van der Waals surface area contributed by atoms with Crippen LogP contribution in [0.25, 0.3) is 0 Å². The molecule has 5 heteroatoms. The molecule has 0 bridgehead atoms. The Kier molecular flexibility index (Phi) is 5.22. The first-order chi connectivity index (χ1) is 13.1. The summed E-state index contributed by atoms with van der Waals surface area (Å²) in [5.41, 5.74) is 0.921. The Morgan fingerprint density at radius 1 is 0.852 bits per heavy atom. The summed E-state index contributed by atoms with van der Waals surface area (Å²) in [5, 5.41) is 0. The van der Waals surface area contributed by atoms with Gasteiger partial charge in [-0.2, -0.15) is 0 Å². The van der Waals surface area contributed by atoms with Gasteiger partial charge in [0.1, 0.15) is 0 Å². The zero-order valence-corrected chi connectivity index (χ0v) is 16.2. The van der Waals surface area contributed by atoms with Gasteiger partial charge in [0.2, 0.25) is 11.8 Å². The SMILES string of the molecule is COC1(c2ccccc2)CCN(C(=O)C2CCN(C(=O)C3CC3)CC2)CC1. The molecule has 0 radical (unpaired) electrons. The summed E-state index contributed by atoms with van der Waals surface area (Å²) in [6.45, 7) is 2.96. The third-order valence-corrected chi connectivity index (χ3v) is 6.66. The fourth-order valence-electron chi connectivity index (χ4n) is 4.63. The van der Waals surface area contributed by atoms with Crippen LogP contribution in [-0.4, -0.2) is 54.9 Å². The molecular formula is C22H30N2O3. The zero-order valence-electron chi connectivity index (χ0n) is 16.2. The number of piperidine rings is 2. The normalized spacial score (nSPS) is 23.3. The van der Waals surface area contributed by atoms with Crippen LogP contribution in [-0.2, 0) is 19.9 Å². The maximum Gasteiger partial charge on any atom is 0.225 e. The number of hydrogen-bond donors (Lipinski definition) is 0. The van der Waals surface area contributed by atoms with Crippen LogP contribution in [0.15, 0.2) is 30.3 Å². The first kappa shape index (κ1) is 18.5. The Bertz CT molecular complexity index is 670. The summed E-state index contributed by atoms with van der Waals surface area (Å²) in [5.74, 6) is 0.928. The van der Waals surface area contributed by atoms with Gasteiger partial charge in [-0.1, -0.05) is 30.3 Å². The lowest BCUT2D eigenvalue weighted by atomic mass is 9.83. The molecule has 5 nitrogen and oxygen atoms in total. The topological polar surface area (TPSA) is 49.9 Å². The van der Waals surface area contributed by atoms with Gasteiger partial charge in [0.25, 0.3) is 0 Å². The molecule has 1 aromatic rings. The predicted octanol–water partition coefficient (Wildman–Crippen LogP) is 2.80. The van der Waals surface area contributed by atoms with Gasteiger partial charge in [-0.15, -0.1) is 0 Å². The second-order valence-corrected chi connectivity index (χ2v) is 8.26. The molecule has 0 atom stereocenters. The highest BCUT2D eigenvalue weighted by molar-refractivity contribution is 5.82. The van der Waals surface area contributed by atoms with E-state index >= 15 is 0 Å². The Morgan fingerprint density at radius 3 is 1.89 bits per heavy atom. The average Bonchev–Trinajstić information content (AvgIpc) is 3.59. The molecule has 3 fully saturated rings. The summed E-state index contributed by atoms with van der Waals surface area (Å²) < 4.78 is 5.92.